The lowest BCUT2D eigenvalue weighted by atomic mass is 10.2. The van der Waals surface area contributed by atoms with Gasteiger partial charge in [0.25, 0.3) is 0 Å². The van der Waals surface area contributed by atoms with Crippen molar-refractivity contribution >= 4 is 11.6 Å². The van der Waals surface area contributed by atoms with E-state index in [1.807, 2.05) is 0 Å². The number of benzene rings is 1. The molecule has 5 heteroatoms. The lowest BCUT2D eigenvalue weighted by Crippen LogP contribution is -2.37. The van der Waals surface area contributed by atoms with Crippen LogP contribution in [0, 0.1) is 5.82 Å². The molecule has 0 saturated heterocycles. The first-order valence-electron chi connectivity index (χ1n) is 6.16. The first-order chi connectivity index (χ1) is 9.08. The summed E-state index contributed by atoms with van der Waals surface area (Å²) in [6, 6.07) is 4.06. The Balaban J connectivity index is 2.64. The van der Waals surface area contributed by atoms with Crippen molar-refractivity contribution in [3.8, 4) is 5.75 Å². The van der Waals surface area contributed by atoms with Crippen LogP contribution in [0.2, 0.25) is 0 Å². The Morgan fingerprint density at radius 2 is 2.32 bits per heavy atom. The van der Waals surface area contributed by atoms with Crippen LogP contribution >= 0.6 is 0 Å². The lowest BCUT2D eigenvalue weighted by molar-refractivity contribution is -0.121. The Bertz CT molecular complexity index is 449. The maximum atomic E-state index is 13.6. The van der Waals surface area contributed by atoms with Crippen molar-refractivity contribution in [2.75, 3.05) is 18.5 Å². The van der Waals surface area contributed by atoms with Crippen LogP contribution in [0.5, 0.6) is 5.75 Å². The number of carbonyl (C=O) groups excluding carboxylic acids is 1. The Hall–Kier alpha value is -2.04. The molecule has 0 saturated carbocycles. The van der Waals surface area contributed by atoms with Crippen LogP contribution < -0.4 is 15.4 Å². The van der Waals surface area contributed by atoms with Gasteiger partial charge < -0.3 is 15.4 Å². The summed E-state index contributed by atoms with van der Waals surface area (Å²) in [7, 11) is 0. The highest BCUT2D eigenvalue weighted by Gasteiger charge is 2.12. The molecule has 0 aliphatic rings. The number of hydrogen-bond donors (Lipinski definition) is 2. The minimum atomic E-state index is -0.461. The summed E-state index contributed by atoms with van der Waals surface area (Å²) < 4.78 is 18.7. The van der Waals surface area contributed by atoms with E-state index in [4.69, 9.17) is 4.74 Å². The summed E-state index contributed by atoms with van der Waals surface area (Å²) in [5.41, 5.74) is 0.530. The van der Waals surface area contributed by atoms with E-state index in [1.54, 1.807) is 26.0 Å². The van der Waals surface area contributed by atoms with Crippen LogP contribution in [-0.4, -0.2) is 25.1 Å². The molecule has 1 aromatic carbocycles. The Labute approximate surface area is 112 Å². The third kappa shape index (κ3) is 4.62. The van der Waals surface area contributed by atoms with E-state index in [2.05, 4.69) is 17.2 Å². The first kappa shape index (κ1) is 15.0. The van der Waals surface area contributed by atoms with E-state index in [9.17, 15) is 9.18 Å². The lowest BCUT2D eigenvalue weighted by Gasteiger charge is -2.15. The standard InChI is InChI=1S/C14H19FN2O2/c1-4-8-16-14(18)10(3)17-11-6-7-13(19-5-2)12(15)9-11/h4,6-7,9-10,17H,1,5,8H2,2-3H3,(H,16,18). The number of rotatable bonds is 7. The van der Waals surface area contributed by atoms with E-state index in [0.29, 0.717) is 18.8 Å². The molecule has 0 fully saturated rings. The molecule has 19 heavy (non-hydrogen) atoms. The zero-order chi connectivity index (χ0) is 14.3. The number of hydrogen-bond acceptors (Lipinski definition) is 3. The number of amides is 1. The van der Waals surface area contributed by atoms with Crippen molar-refractivity contribution in [3.05, 3.63) is 36.7 Å². The molecule has 0 radical (unpaired) electrons. The smallest absolute Gasteiger partial charge is 0.242 e. The van der Waals surface area contributed by atoms with Gasteiger partial charge in [-0.3, -0.25) is 4.79 Å². The maximum Gasteiger partial charge on any atom is 0.242 e. The third-order valence-electron chi connectivity index (χ3n) is 2.43. The largest absolute Gasteiger partial charge is 0.491 e. The van der Waals surface area contributed by atoms with Crippen LogP contribution in [0.4, 0.5) is 10.1 Å². The molecule has 4 nitrogen and oxygen atoms in total. The fourth-order valence-electron chi connectivity index (χ4n) is 1.50. The third-order valence-corrected chi connectivity index (χ3v) is 2.43. The summed E-state index contributed by atoms with van der Waals surface area (Å²) in [6.45, 7) is 7.82. The normalized spacial score (nSPS) is 11.5. The minimum Gasteiger partial charge on any atom is -0.491 e. The fraction of sp³-hybridized carbons (Fsp3) is 0.357. The average molecular weight is 266 g/mol. The number of ether oxygens (including phenoxy) is 1. The Morgan fingerprint density at radius 3 is 2.89 bits per heavy atom. The molecule has 1 amide bonds. The van der Waals surface area contributed by atoms with Gasteiger partial charge in [0.1, 0.15) is 6.04 Å². The van der Waals surface area contributed by atoms with Crippen molar-refractivity contribution in [2.45, 2.75) is 19.9 Å². The molecule has 0 aliphatic carbocycles. The SMILES string of the molecule is C=CCNC(=O)C(C)Nc1ccc(OCC)c(F)c1. The van der Waals surface area contributed by atoms with Gasteiger partial charge in [-0.25, -0.2) is 4.39 Å². The quantitative estimate of drug-likeness (QED) is 0.745. The second-order valence-electron chi connectivity index (χ2n) is 3.98. The van der Waals surface area contributed by atoms with Crippen LogP contribution in [0.3, 0.4) is 0 Å². The van der Waals surface area contributed by atoms with Gasteiger partial charge in [-0.2, -0.15) is 0 Å². The van der Waals surface area contributed by atoms with Gasteiger partial charge in [-0.1, -0.05) is 6.08 Å². The van der Waals surface area contributed by atoms with E-state index in [0.717, 1.165) is 0 Å². The summed E-state index contributed by atoms with van der Waals surface area (Å²) in [5.74, 6) is -0.420. The van der Waals surface area contributed by atoms with E-state index in [-0.39, 0.29) is 11.7 Å². The minimum absolute atomic E-state index is 0.172. The number of carbonyl (C=O) groups is 1. The highest BCUT2D eigenvalue weighted by Crippen LogP contribution is 2.21. The van der Waals surface area contributed by atoms with Crippen LogP contribution in [-0.2, 0) is 4.79 Å². The average Bonchev–Trinajstić information content (AvgIpc) is 2.39. The highest BCUT2D eigenvalue weighted by molar-refractivity contribution is 5.84. The van der Waals surface area contributed by atoms with Gasteiger partial charge in [0.2, 0.25) is 5.91 Å². The van der Waals surface area contributed by atoms with Crippen molar-refractivity contribution in [3.63, 3.8) is 0 Å². The van der Waals surface area contributed by atoms with Crippen molar-refractivity contribution in [1.29, 1.82) is 0 Å². The predicted molar refractivity (Wildman–Crippen MR) is 73.9 cm³/mol. The van der Waals surface area contributed by atoms with Gasteiger partial charge in [-0.05, 0) is 26.0 Å². The molecule has 1 aromatic rings. The Kier molecular flexibility index (Phi) is 5.85. The second kappa shape index (κ2) is 7.41. The molecule has 0 heterocycles. The number of halogens is 1. The fourth-order valence-corrected chi connectivity index (χ4v) is 1.50. The van der Waals surface area contributed by atoms with Crippen LogP contribution in [0.15, 0.2) is 30.9 Å². The zero-order valence-electron chi connectivity index (χ0n) is 11.2. The predicted octanol–water partition coefficient (Wildman–Crippen LogP) is 2.33. The molecule has 0 aliphatic heterocycles. The van der Waals surface area contributed by atoms with Crippen molar-refractivity contribution in [1.82, 2.24) is 5.32 Å². The van der Waals surface area contributed by atoms with Crippen molar-refractivity contribution in [2.24, 2.45) is 0 Å². The molecule has 2 N–H and O–H groups in total. The van der Waals surface area contributed by atoms with Crippen molar-refractivity contribution < 1.29 is 13.9 Å². The van der Waals surface area contributed by atoms with Gasteiger partial charge >= 0.3 is 0 Å². The molecule has 0 bridgehead atoms. The molecule has 1 rings (SSSR count). The molecule has 0 aromatic heterocycles. The molecule has 1 unspecified atom stereocenters. The summed E-state index contributed by atoms with van der Waals surface area (Å²) >= 11 is 0. The number of nitrogens with one attached hydrogen (secondary N) is 2. The molecular weight excluding hydrogens is 247 g/mol. The first-order valence-corrected chi connectivity index (χ1v) is 6.16. The highest BCUT2D eigenvalue weighted by atomic mass is 19.1. The summed E-state index contributed by atoms with van der Waals surface area (Å²) in [6.07, 6.45) is 1.60. The zero-order valence-corrected chi connectivity index (χ0v) is 11.2. The van der Waals surface area contributed by atoms with Crippen LogP contribution in [0.1, 0.15) is 13.8 Å². The Morgan fingerprint density at radius 1 is 1.58 bits per heavy atom. The molecular formula is C14H19FN2O2. The number of anilines is 1. The van der Waals surface area contributed by atoms with E-state index < -0.39 is 11.9 Å². The molecule has 1 atom stereocenters. The van der Waals surface area contributed by atoms with Crippen LogP contribution in [0.25, 0.3) is 0 Å². The van der Waals surface area contributed by atoms with Gasteiger partial charge in [0.15, 0.2) is 11.6 Å². The van der Waals surface area contributed by atoms with E-state index >= 15 is 0 Å². The topological polar surface area (TPSA) is 50.4 Å². The molecule has 0 spiro atoms. The second-order valence-corrected chi connectivity index (χ2v) is 3.98. The molecule has 104 valence electrons. The van der Waals surface area contributed by atoms with E-state index in [1.165, 1.54) is 12.1 Å². The van der Waals surface area contributed by atoms with Gasteiger partial charge in [0.05, 0.1) is 6.61 Å². The summed E-state index contributed by atoms with van der Waals surface area (Å²) in [4.78, 5) is 11.6. The van der Waals surface area contributed by atoms with Gasteiger partial charge in [-0.15, -0.1) is 6.58 Å². The monoisotopic (exact) mass is 266 g/mol. The van der Waals surface area contributed by atoms with Gasteiger partial charge in [0, 0.05) is 18.3 Å². The summed E-state index contributed by atoms with van der Waals surface area (Å²) in [5, 5.41) is 5.58. The maximum absolute atomic E-state index is 13.6.